The van der Waals surface area contributed by atoms with E-state index in [1.165, 1.54) is 18.2 Å². The van der Waals surface area contributed by atoms with Crippen LogP contribution in [0.3, 0.4) is 0 Å². The summed E-state index contributed by atoms with van der Waals surface area (Å²) in [6, 6.07) is 14.2. The van der Waals surface area contributed by atoms with E-state index in [-0.39, 0.29) is 17.3 Å². The molecule has 0 saturated carbocycles. The van der Waals surface area contributed by atoms with Crippen LogP contribution in [0.2, 0.25) is 5.02 Å². The number of anilines is 1. The molecule has 2 aromatic carbocycles. The Labute approximate surface area is 226 Å². The molecule has 38 heavy (non-hydrogen) atoms. The number of aromatic carboxylic acids is 1. The highest BCUT2D eigenvalue weighted by Gasteiger charge is 2.36. The van der Waals surface area contributed by atoms with Gasteiger partial charge in [-0.3, -0.25) is 19.3 Å². The molecule has 0 aliphatic carbocycles. The molecule has 1 fully saturated rings. The number of hydrogen-bond acceptors (Lipinski definition) is 8. The maximum absolute atomic E-state index is 12.9. The molecule has 1 aromatic heterocycles. The van der Waals surface area contributed by atoms with Gasteiger partial charge in [0.2, 0.25) is 11.7 Å². The predicted molar refractivity (Wildman–Crippen MR) is 140 cm³/mol. The second kappa shape index (κ2) is 11.9. The van der Waals surface area contributed by atoms with E-state index in [9.17, 15) is 19.2 Å². The smallest absolute Gasteiger partial charge is 0.371 e. The highest BCUT2D eigenvalue weighted by atomic mass is 35.5. The van der Waals surface area contributed by atoms with Gasteiger partial charge in [-0.05, 0) is 78.9 Å². The third-order valence-electron chi connectivity index (χ3n) is 5.11. The summed E-state index contributed by atoms with van der Waals surface area (Å²) in [4.78, 5) is 49.7. The van der Waals surface area contributed by atoms with Crippen molar-refractivity contribution in [2.75, 3.05) is 18.5 Å². The van der Waals surface area contributed by atoms with Crippen molar-refractivity contribution in [3.63, 3.8) is 0 Å². The van der Waals surface area contributed by atoms with Crippen LogP contribution < -0.4 is 14.8 Å². The monoisotopic (exact) mass is 556 g/mol. The molecule has 3 amide bonds. The fourth-order valence-corrected chi connectivity index (χ4v) is 4.35. The molecular weight excluding hydrogens is 536 g/mol. The number of carboxylic acid groups (broad SMARTS) is 1. The number of carbonyl (C=O) groups is 4. The van der Waals surface area contributed by atoms with E-state index in [0.717, 1.165) is 16.7 Å². The van der Waals surface area contributed by atoms with E-state index >= 15 is 0 Å². The predicted octanol–water partition coefficient (Wildman–Crippen LogP) is 5.28. The number of benzene rings is 2. The quantitative estimate of drug-likeness (QED) is 0.319. The maximum Gasteiger partial charge on any atom is 0.371 e. The maximum atomic E-state index is 12.9. The molecule has 2 heterocycles. The average molecular weight is 557 g/mol. The normalized spacial score (nSPS) is 14.2. The number of thioether (sulfide) groups is 1. The van der Waals surface area contributed by atoms with Gasteiger partial charge in [0.1, 0.15) is 18.9 Å². The van der Waals surface area contributed by atoms with Crippen LogP contribution in [0.15, 0.2) is 63.9 Å². The minimum absolute atomic E-state index is 0.0241. The number of amides is 3. The van der Waals surface area contributed by atoms with Crippen LogP contribution in [-0.4, -0.2) is 46.2 Å². The van der Waals surface area contributed by atoms with Gasteiger partial charge in [-0.15, -0.1) is 0 Å². The zero-order valence-electron chi connectivity index (χ0n) is 19.9. The molecule has 4 rings (SSSR count). The second-order valence-electron chi connectivity index (χ2n) is 7.82. The van der Waals surface area contributed by atoms with Crippen LogP contribution in [0.5, 0.6) is 11.5 Å². The van der Waals surface area contributed by atoms with Crippen molar-refractivity contribution < 1.29 is 38.2 Å². The molecule has 0 bridgehead atoms. The molecule has 0 unspecified atom stereocenters. The van der Waals surface area contributed by atoms with Gasteiger partial charge in [0, 0.05) is 10.7 Å². The minimum Gasteiger partial charge on any atom is -0.490 e. The van der Waals surface area contributed by atoms with Gasteiger partial charge in [0.15, 0.2) is 11.5 Å². The summed E-state index contributed by atoms with van der Waals surface area (Å²) >= 11 is 6.57. The first-order valence-electron chi connectivity index (χ1n) is 11.3. The highest BCUT2D eigenvalue weighted by Crippen LogP contribution is 2.35. The van der Waals surface area contributed by atoms with E-state index < -0.39 is 29.6 Å². The van der Waals surface area contributed by atoms with Crippen molar-refractivity contribution in [3.05, 3.63) is 81.6 Å². The molecule has 196 valence electrons. The molecule has 1 saturated heterocycles. The largest absolute Gasteiger partial charge is 0.490 e. The Morgan fingerprint density at radius 2 is 1.84 bits per heavy atom. The van der Waals surface area contributed by atoms with E-state index in [2.05, 4.69) is 5.32 Å². The number of imide groups is 1. The number of nitrogens with zero attached hydrogens (tertiary/aromatic N) is 1. The van der Waals surface area contributed by atoms with Crippen LogP contribution >= 0.6 is 23.4 Å². The zero-order valence-corrected chi connectivity index (χ0v) is 21.5. The van der Waals surface area contributed by atoms with Gasteiger partial charge in [-0.2, -0.15) is 0 Å². The van der Waals surface area contributed by atoms with Crippen LogP contribution in [0.1, 0.15) is 28.8 Å². The molecule has 1 aliphatic heterocycles. The Morgan fingerprint density at radius 1 is 1.08 bits per heavy atom. The first-order valence-corrected chi connectivity index (χ1v) is 12.5. The number of nitrogens with one attached hydrogen (secondary N) is 1. The zero-order chi connectivity index (χ0) is 27.2. The van der Waals surface area contributed by atoms with Crippen molar-refractivity contribution >= 4 is 58.1 Å². The molecule has 0 radical (unpaired) electrons. The molecular formula is C26H21ClN2O8S. The summed E-state index contributed by atoms with van der Waals surface area (Å²) in [6.45, 7) is 1.67. The average Bonchev–Trinajstić information content (AvgIpc) is 3.46. The summed E-state index contributed by atoms with van der Waals surface area (Å²) in [6.07, 6.45) is 1.53. The Balaban J connectivity index is 1.43. The SMILES string of the molecule is CCOc1cc(C=C2SC(=O)N(CC(=O)Nc3ccc(Cl)cc3)C2=O)ccc1OCc1ccc(C(=O)O)o1. The molecule has 10 nitrogen and oxygen atoms in total. The van der Waals surface area contributed by atoms with Gasteiger partial charge in [0.25, 0.3) is 11.1 Å². The number of carboxylic acids is 1. The van der Waals surface area contributed by atoms with Crippen molar-refractivity contribution in [1.29, 1.82) is 0 Å². The Hall–Kier alpha value is -4.22. The lowest BCUT2D eigenvalue weighted by molar-refractivity contribution is -0.127. The van der Waals surface area contributed by atoms with Crippen molar-refractivity contribution in [3.8, 4) is 11.5 Å². The van der Waals surface area contributed by atoms with Crippen molar-refractivity contribution in [1.82, 2.24) is 4.90 Å². The molecule has 2 N–H and O–H groups in total. The number of ether oxygens (including phenoxy) is 2. The summed E-state index contributed by atoms with van der Waals surface area (Å²) < 4.78 is 16.6. The van der Waals surface area contributed by atoms with Crippen LogP contribution in [0, 0.1) is 0 Å². The third-order valence-corrected chi connectivity index (χ3v) is 6.27. The molecule has 0 atom stereocenters. The Bertz CT molecular complexity index is 1420. The lowest BCUT2D eigenvalue weighted by Crippen LogP contribution is -2.36. The number of hydrogen-bond donors (Lipinski definition) is 2. The minimum atomic E-state index is -1.18. The summed E-state index contributed by atoms with van der Waals surface area (Å²) in [7, 11) is 0. The number of furan rings is 1. The number of carbonyl (C=O) groups excluding carboxylic acids is 3. The van der Waals surface area contributed by atoms with Gasteiger partial charge in [-0.25, -0.2) is 4.79 Å². The van der Waals surface area contributed by atoms with Crippen LogP contribution in [0.25, 0.3) is 6.08 Å². The summed E-state index contributed by atoms with van der Waals surface area (Å²) in [5, 5.41) is 11.5. The lowest BCUT2D eigenvalue weighted by atomic mass is 10.2. The van der Waals surface area contributed by atoms with Gasteiger partial charge in [0.05, 0.1) is 11.5 Å². The molecule has 1 aliphatic rings. The van der Waals surface area contributed by atoms with Gasteiger partial charge >= 0.3 is 5.97 Å². The fraction of sp³-hybridized carbons (Fsp3) is 0.154. The Morgan fingerprint density at radius 3 is 2.53 bits per heavy atom. The highest BCUT2D eigenvalue weighted by molar-refractivity contribution is 8.18. The van der Waals surface area contributed by atoms with Crippen molar-refractivity contribution in [2.24, 2.45) is 0 Å². The van der Waals surface area contributed by atoms with Crippen LogP contribution in [0.4, 0.5) is 10.5 Å². The summed E-state index contributed by atoms with van der Waals surface area (Å²) in [5.41, 5.74) is 1.06. The topological polar surface area (TPSA) is 135 Å². The van der Waals surface area contributed by atoms with E-state index in [4.69, 9.17) is 30.6 Å². The van der Waals surface area contributed by atoms with Gasteiger partial charge in [-0.1, -0.05) is 17.7 Å². The first-order chi connectivity index (χ1) is 18.2. The van der Waals surface area contributed by atoms with E-state index in [0.29, 0.717) is 40.1 Å². The Kier molecular flexibility index (Phi) is 8.39. The second-order valence-corrected chi connectivity index (χ2v) is 9.25. The van der Waals surface area contributed by atoms with E-state index in [1.807, 2.05) is 0 Å². The third kappa shape index (κ3) is 6.55. The van der Waals surface area contributed by atoms with Crippen molar-refractivity contribution in [2.45, 2.75) is 13.5 Å². The number of halogens is 1. The van der Waals surface area contributed by atoms with Gasteiger partial charge < -0.3 is 24.3 Å². The molecule has 3 aromatic rings. The fourth-order valence-electron chi connectivity index (χ4n) is 3.39. The molecule has 0 spiro atoms. The van der Waals surface area contributed by atoms with E-state index in [1.54, 1.807) is 49.4 Å². The summed E-state index contributed by atoms with van der Waals surface area (Å²) in [5.74, 6) is -1.40. The van der Waals surface area contributed by atoms with Crippen LogP contribution in [-0.2, 0) is 16.2 Å². The molecule has 12 heteroatoms. The number of rotatable bonds is 10. The standard InChI is InChI=1S/C26H21ClN2O8S/c1-2-35-21-11-15(3-9-19(21)36-14-18-8-10-20(37-18)25(32)33)12-22-24(31)29(26(34)38-22)13-23(30)28-17-6-4-16(27)5-7-17/h3-12H,2,13-14H2,1H3,(H,28,30)(H,32,33). The first kappa shape index (κ1) is 26.8. The lowest BCUT2D eigenvalue weighted by Gasteiger charge is -2.13.